The Hall–Kier alpha value is -1.88. The first-order valence-corrected chi connectivity index (χ1v) is 10.9. The summed E-state index contributed by atoms with van der Waals surface area (Å²) in [5, 5.41) is 10.5. The Labute approximate surface area is 165 Å². The highest BCUT2D eigenvalue weighted by Gasteiger charge is 2.35. The van der Waals surface area contributed by atoms with Crippen LogP contribution in [0.3, 0.4) is 0 Å². The average molecular weight is 407 g/mol. The monoisotopic (exact) mass is 407 g/mol. The molecule has 0 spiro atoms. The standard InChI is InChI=1S/C18H26BN3O5S/c1-12(13-9-14(10-13)22-28(24,25)8-4-7-26-3)17-15-5-6-20-18(15)21-11-16(17)27-19(2)23/h5-6,11,13-14,22-23H,1,4,7-10H2,2-3H3,(H,20,21)/t13-,14+. The van der Waals surface area contributed by atoms with Gasteiger partial charge in [-0.25, -0.2) is 18.1 Å². The molecular formula is C18H26BN3O5S. The maximum atomic E-state index is 12.1. The lowest BCUT2D eigenvalue weighted by Crippen LogP contribution is -2.45. The quantitative estimate of drug-likeness (QED) is 0.409. The Kier molecular flexibility index (Phi) is 6.44. The minimum atomic E-state index is -3.31. The predicted molar refractivity (Wildman–Crippen MR) is 110 cm³/mol. The van der Waals surface area contributed by atoms with E-state index in [4.69, 9.17) is 9.39 Å². The van der Waals surface area contributed by atoms with Crippen LogP contribution < -0.4 is 9.38 Å². The number of nitrogens with one attached hydrogen (secondary N) is 2. The third kappa shape index (κ3) is 4.75. The lowest BCUT2D eigenvalue weighted by Gasteiger charge is -2.37. The van der Waals surface area contributed by atoms with Gasteiger partial charge in [0, 0.05) is 36.9 Å². The lowest BCUT2D eigenvalue weighted by molar-refractivity contribution is 0.199. The molecule has 1 aliphatic carbocycles. The molecule has 152 valence electrons. The summed E-state index contributed by atoms with van der Waals surface area (Å²) in [6, 6.07) is 1.80. The maximum absolute atomic E-state index is 12.1. The largest absolute Gasteiger partial charge is 0.535 e. The summed E-state index contributed by atoms with van der Waals surface area (Å²) in [6.45, 7) is 6.19. The minimum Gasteiger partial charge on any atom is -0.535 e. The minimum absolute atomic E-state index is 0.0592. The molecule has 1 aliphatic rings. The number of fused-ring (bicyclic) bond motifs is 1. The molecule has 0 aromatic carbocycles. The Bertz CT molecular complexity index is 938. The van der Waals surface area contributed by atoms with E-state index in [2.05, 4.69) is 21.3 Å². The number of nitrogens with zero attached hydrogens (tertiary/aromatic N) is 1. The van der Waals surface area contributed by atoms with Crippen LogP contribution in [0.2, 0.25) is 6.82 Å². The molecule has 2 aromatic rings. The maximum Gasteiger partial charge on any atom is 0.519 e. The van der Waals surface area contributed by atoms with Crippen LogP contribution in [-0.2, 0) is 14.8 Å². The molecule has 1 saturated carbocycles. The summed E-state index contributed by atoms with van der Waals surface area (Å²) in [5.74, 6) is 0.656. The van der Waals surface area contributed by atoms with Gasteiger partial charge in [-0.05, 0) is 43.6 Å². The van der Waals surface area contributed by atoms with Gasteiger partial charge in [-0.1, -0.05) is 6.58 Å². The van der Waals surface area contributed by atoms with Gasteiger partial charge in [0.05, 0.1) is 11.9 Å². The molecule has 3 rings (SSSR count). The van der Waals surface area contributed by atoms with Gasteiger partial charge in [0.2, 0.25) is 10.0 Å². The molecule has 0 radical (unpaired) electrons. The van der Waals surface area contributed by atoms with E-state index in [1.165, 1.54) is 6.82 Å². The number of aromatic nitrogens is 2. The van der Waals surface area contributed by atoms with E-state index in [1.54, 1.807) is 19.5 Å². The summed E-state index contributed by atoms with van der Waals surface area (Å²) in [4.78, 5) is 7.37. The Morgan fingerprint density at radius 1 is 1.50 bits per heavy atom. The third-order valence-electron chi connectivity index (χ3n) is 4.91. The molecule has 0 saturated heterocycles. The van der Waals surface area contributed by atoms with Crippen molar-refractivity contribution in [3.05, 3.63) is 30.6 Å². The Morgan fingerprint density at radius 3 is 2.93 bits per heavy atom. The summed E-state index contributed by atoms with van der Waals surface area (Å²) in [6.07, 6.45) is 5.17. The van der Waals surface area contributed by atoms with E-state index in [1.807, 2.05) is 6.07 Å². The number of H-pyrrole nitrogens is 1. The van der Waals surface area contributed by atoms with Crippen LogP contribution >= 0.6 is 0 Å². The van der Waals surface area contributed by atoms with Crippen molar-refractivity contribution in [3.63, 3.8) is 0 Å². The van der Waals surface area contributed by atoms with Crippen LogP contribution in [0.1, 0.15) is 24.8 Å². The van der Waals surface area contributed by atoms with E-state index in [-0.39, 0.29) is 17.7 Å². The van der Waals surface area contributed by atoms with Gasteiger partial charge in [0.15, 0.2) is 0 Å². The molecule has 1 fully saturated rings. The molecule has 0 amide bonds. The molecule has 0 unspecified atom stereocenters. The van der Waals surface area contributed by atoms with Gasteiger partial charge >= 0.3 is 7.12 Å². The molecule has 0 atom stereocenters. The van der Waals surface area contributed by atoms with Gasteiger partial charge < -0.3 is 19.4 Å². The molecule has 0 bridgehead atoms. The zero-order valence-corrected chi connectivity index (χ0v) is 17.0. The first kappa shape index (κ1) is 20.8. The van der Waals surface area contributed by atoms with E-state index >= 15 is 0 Å². The summed E-state index contributed by atoms with van der Waals surface area (Å²) in [7, 11) is -2.73. The van der Waals surface area contributed by atoms with Crippen molar-refractivity contribution in [1.82, 2.24) is 14.7 Å². The van der Waals surface area contributed by atoms with E-state index in [0.29, 0.717) is 37.3 Å². The van der Waals surface area contributed by atoms with Crippen LogP contribution in [0.25, 0.3) is 16.6 Å². The normalized spacial score (nSPS) is 19.4. The first-order chi connectivity index (χ1) is 13.3. The Balaban J connectivity index is 1.69. The van der Waals surface area contributed by atoms with Gasteiger partial charge in [-0.3, -0.25) is 0 Å². The van der Waals surface area contributed by atoms with Crippen molar-refractivity contribution in [2.75, 3.05) is 19.5 Å². The second-order valence-corrected chi connectivity index (χ2v) is 9.00. The zero-order valence-electron chi connectivity index (χ0n) is 16.1. The third-order valence-corrected chi connectivity index (χ3v) is 6.43. The van der Waals surface area contributed by atoms with E-state index in [0.717, 1.165) is 16.5 Å². The zero-order chi connectivity index (χ0) is 20.3. The summed E-state index contributed by atoms with van der Waals surface area (Å²) >= 11 is 0. The van der Waals surface area contributed by atoms with Gasteiger partial charge in [-0.2, -0.15) is 0 Å². The fourth-order valence-corrected chi connectivity index (χ4v) is 4.82. The highest BCUT2D eigenvalue weighted by atomic mass is 32.2. The topological polar surface area (TPSA) is 114 Å². The summed E-state index contributed by atoms with van der Waals surface area (Å²) in [5.41, 5.74) is 2.37. The van der Waals surface area contributed by atoms with Gasteiger partial charge in [0.25, 0.3) is 0 Å². The van der Waals surface area contributed by atoms with Crippen molar-refractivity contribution < 1.29 is 22.8 Å². The molecule has 28 heavy (non-hydrogen) atoms. The number of sulfonamides is 1. The van der Waals surface area contributed by atoms with Crippen molar-refractivity contribution in [2.24, 2.45) is 5.92 Å². The fourth-order valence-electron chi connectivity index (χ4n) is 3.50. The van der Waals surface area contributed by atoms with Crippen LogP contribution in [0.5, 0.6) is 5.75 Å². The molecule has 10 heteroatoms. The van der Waals surface area contributed by atoms with E-state index in [9.17, 15) is 13.4 Å². The highest BCUT2D eigenvalue weighted by Crippen LogP contribution is 2.43. The number of rotatable bonds is 10. The smallest absolute Gasteiger partial charge is 0.519 e. The highest BCUT2D eigenvalue weighted by molar-refractivity contribution is 7.89. The average Bonchev–Trinajstić information content (AvgIpc) is 3.05. The number of ether oxygens (including phenoxy) is 1. The number of aromatic amines is 1. The van der Waals surface area contributed by atoms with Crippen LogP contribution in [0.15, 0.2) is 25.0 Å². The summed E-state index contributed by atoms with van der Waals surface area (Å²) < 4.78 is 37.4. The van der Waals surface area contributed by atoms with Gasteiger partial charge in [-0.15, -0.1) is 0 Å². The number of hydrogen-bond donors (Lipinski definition) is 3. The van der Waals surface area contributed by atoms with Crippen molar-refractivity contribution in [1.29, 1.82) is 0 Å². The fraction of sp³-hybridized carbons (Fsp3) is 0.500. The van der Waals surface area contributed by atoms with Crippen LogP contribution in [0, 0.1) is 5.92 Å². The number of pyridine rings is 1. The number of methoxy groups -OCH3 is 1. The number of allylic oxidation sites excluding steroid dienone is 1. The predicted octanol–water partition coefficient (Wildman–Crippen LogP) is 1.80. The first-order valence-electron chi connectivity index (χ1n) is 9.29. The lowest BCUT2D eigenvalue weighted by atomic mass is 9.74. The van der Waals surface area contributed by atoms with Crippen LogP contribution in [0.4, 0.5) is 0 Å². The molecule has 2 heterocycles. The van der Waals surface area contributed by atoms with Crippen molar-refractivity contribution in [2.45, 2.75) is 32.1 Å². The molecule has 0 aliphatic heterocycles. The molecular weight excluding hydrogens is 381 g/mol. The molecule has 8 nitrogen and oxygen atoms in total. The molecule has 3 N–H and O–H groups in total. The second-order valence-electron chi connectivity index (χ2n) is 7.13. The molecule has 2 aromatic heterocycles. The van der Waals surface area contributed by atoms with E-state index < -0.39 is 17.1 Å². The van der Waals surface area contributed by atoms with Crippen LogP contribution in [-0.4, -0.2) is 56.0 Å². The number of hydrogen-bond acceptors (Lipinski definition) is 6. The van der Waals surface area contributed by atoms with Gasteiger partial charge in [0.1, 0.15) is 11.4 Å². The van der Waals surface area contributed by atoms with Crippen molar-refractivity contribution >= 4 is 33.7 Å². The Morgan fingerprint density at radius 2 is 2.25 bits per heavy atom. The second kappa shape index (κ2) is 8.65. The SMILES string of the molecule is C=C(c1c(OB(C)O)cnc2[nH]ccc12)[C@H]1C[C@@H](NS(=O)(=O)CCCOC)C1. The van der Waals surface area contributed by atoms with Crippen molar-refractivity contribution in [3.8, 4) is 5.75 Å².